The second kappa shape index (κ2) is 6.95. The Kier molecular flexibility index (Phi) is 5.26. The third kappa shape index (κ3) is 3.64. The number of phenolic OH excluding ortho intramolecular Hbond substituents is 1. The zero-order chi connectivity index (χ0) is 14.5. The predicted molar refractivity (Wildman–Crippen MR) is 84.4 cm³/mol. The lowest BCUT2D eigenvalue weighted by atomic mass is 10.1. The van der Waals surface area contributed by atoms with Crippen molar-refractivity contribution in [3.63, 3.8) is 0 Å². The molecule has 2 rings (SSSR count). The first-order chi connectivity index (χ1) is 9.63. The van der Waals surface area contributed by atoms with Crippen LogP contribution >= 0.6 is 0 Å². The molecule has 0 unspecified atom stereocenters. The van der Waals surface area contributed by atoms with Gasteiger partial charge in [0.05, 0.1) is 0 Å². The normalized spacial score (nSPS) is 17.4. The molecule has 1 aliphatic heterocycles. The summed E-state index contributed by atoms with van der Waals surface area (Å²) in [4.78, 5) is 7.08. The molecular weight excluding hydrogens is 250 g/mol. The molecule has 1 saturated heterocycles. The Morgan fingerprint density at radius 2 is 1.75 bits per heavy atom. The first-order valence-corrected chi connectivity index (χ1v) is 7.61. The molecule has 0 aliphatic carbocycles. The zero-order valence-corrected chi connectivity index (χ0v) is 13.0. The average molecular weight is 277 g/mol. The summed E-state index contributed by atoms with van der Waals surface area (Å²) in [6.07, 6.45) is 0. The van der Waals surface area contributed by atoms with E-state index in [9.17, 15) is 5.11 Å². The highest BCUT2D eigenvalue weighted by Gasteiger charge is 2.16. The fraction of sp³-hybridized carbons (Fsp3) is 0.625. The van der Waals surface area contributed by atoms with Gasteiger partial charge in [0.15, 0.2) is 0 Å². The second-order valence-electron chi connectivity index (χ2n) is 5.56. The Balaban J connectivity index is 2.08. The molecule has 1 heterocycles. The lowest BCUT2D eigenvalue weighted by Gasteiger charge is -2.32. The van der Waals surface area contributed by atoms with E-state index in [0.717, 1.165) is 51.4 Å². The number of rotatable bonds is 5. The minimum absolute atomic E-state index is 0.417. The van der Waals surface area contributed by atoms with Gasteiger partial charge in [0.2, 0.25) is 0 Å². The number of nitrogens with zero attached hydrogens (tertiary/aromatic N) is 3. The van der Waals surface area contributed by atoms with Gasteiger partial charge in [-0.2, -0.15) is 0 Å². The quantitative estimate of drug-likeness (QED) is 0.891. The van der Waals surface area contributed by atoms with Gasteiger partial charge in [-0.3, -0.25) is 4.90 Å². The van der Waals surface area contributed by atoms with Gasteiger partial charge >= 0.3 is 0 Å². The summed E-state index contributed by atoms with van der Waals surface area (Å²) in [5.41, 5.74) is 2.25. The van der Waals surface area contributed by atoms with E-state index in [2.05, 4.69) is 41.7 Å². The zero-order valence-electron chi connectivity index (χ0n) is 13.0. The Morgan fingerprint density at radius 1 is 1.10 bits per heavy atom. The second-order valence-corrected chi connectivity index (χ2v) is 5.56. The molecule has 0 amide bonds. The molecule has 0 radical (unpaired) electrons. The number of benzene rings is 1. The van der Waals surface area contributed by atoms with Gasteiger partial charge in [0.1, 0.15) is 5.75 Å². The maximum absolute atomic E-state index is 10.1. The van der Waals surface area contributed by atoms with Crippen LogP contribution in [0.25, 0.3) is 0 Å². The van der Waals surface area contributed by atoms with Gasteiger partial charge in [-0.05, 0) is 39.1 Å². The fourth-order valence-electron chi connectivity index (χ4n) is 2.73. The van der Waals surface area contributed by atoms with Crippen molar-refractivity contribution in [1.29, 1.82) is 0 Å². The van der Waals surface area contributed by atoms with Crippen LogP contribution < -0.4 is 4.90 Å². The minimum atomic E-state index is 0.417. The van der Waals surface area contributed by atoms with Crippen LogP contribution in [-0.2, 0) is 6.54 Å². The summed E-state index contributed by atoms with van der Waals surface area (Å²) in [5, 5.41) is 10.1. The highest BCUT2D eigenvalue weighted by Crippen LogP contribution is 2.25. The molecule has 4 heteroatoms. The van der Waals surface area contributed by atoms with E-state index in [4.69, 9.17) is 0 Å². The molecule has 112 valence electrons. The van der Waals surface area contributed by atoms with Crippen molar-refractivity contribution < 1.29 is 5.11 Å². The van der Waals surface area contributed by atoms with Crippen molar-refractivity contribution in [3.05, 3.63) is 23.8 Å². The molecular formula is C16H27N3O. The van der Waals surface area contributed by atoms with Crippen molar-refractivity contribution in [2.75, 3.05) is 51.2 Å². The standard InChI is InChI=1S/C16H27N3O/c1-4-19(5-2)15-6-7-16(20)14(12-15)13-18-10-8-17(3)9-11-18/h6-7,12,20H,4-5,8-11,13H2,1-3H3. The van der Waals surface area contributed by atoms with Crippen molar-refractivity contribution in [2.24, 2.45) is 0 Å². The maximum Gasteiger partial charge on any atom is 0.120 e. The molecule has 4 nitrogen and oxygen atoms in total. The lowest BCUT2D eigenvalue weighted by molar-refractivity contribution is 0.147. The molecule has 1 fully saturated rings. The molecule has 1 aliphatic rings. The van der Waals surface area contributed by atoms with Crippen LogP contribution in [0.15, 0.2) is 18.2 Å². The highest BCUT2D eigenvalue weighted by atomic mass is 16.3. The van der Waals surface area contributed by atoms with Crippen molar-refractivity contribution in [3.8, 4) is 5.75 Å². The number of aromatic hydroxyl groups is 1. The van der Waals surface area contributed by atoms with Gasteiger partial charge in [-0.15, -0.1) is 0 Å². The molecule has 0 bridgehead atoms. The smallest absolute Gasteiger partial charge is 0.120 e. The molecule has 1 aromatic rings. The van der Waals surface area contributed by atoms with Gasteiger partial charge < -0.3 is 14.9 Å². The summed E-state index contributed by atoms with van der Waals surface area (Å²) in [6, 6.07) is 5.98. The Bertz CT molecular complexity index is 424. The van der Waals surface area contributed by atoms with Gasteiger partial charge in [0, 0.05) is 57.1 Å². The number of anilines is 1. The summed E-state index contributed by atoms with van der Waals surface area (Å²) in [6.45, 7) is 11.5. The third-order valence-corrected chi connectivity index (χ3v) is 4.18. The van der Waals surface area contributed by atoms with E-state index < -0.39 is 0 Å². The van der Waals surface area contributed by atoms with Gasteiger partial charge in [-0.25, -0.2) is 0 Å². The Labute approximate surface area is 122 Å². The van der Waals surface area contributed by atoms with E-state index >= 15 is 0 Å². The van der Waals surface area contributed by atoms with Gasteiger partial charge in [0.25, 0.3) is 0 Å². The highest BCUT2D eigenvalue weighted by molar-refractivity contribution is 5.52. The van der Waals surface area contributed by atoms with E-state index in [1.807, 2.05) is 12.1 Å². The van der Waals surface area contributed by atoms with E-state index in [1.54, 1.807) is 0 Å². The van der Waals surface area contributed by atoms with E-state index in [-0.39, 0.29) is 0 Å². The van der Waals surface area contributed by atoms with E-state index in [0.29, 0.717) is 5.75 Å². The number of likely N-dealkylation sites (N-methyl/N-ethyl adjacent to an activating group) is 1. The topological polar surface area (TPSA) is 30.0 Å². The van der Waals surface area contributed by atoms with Crippen LogP contribution in [0.3, 0.4) is 0 Å². The van der Waals surface area contributed by atoms with Crippen LogP contribution in [0.5, 0.6) is 5.75 Å². The summed E-state index contributed by atoms with van der Waals surface area (Å²) in [5.74, 6) is 0.417. The van der Waals surface area contributed by atoms with Crippen molar-refractivity contribution in [1.82, 2.24) is 9.80 Å². The molecule has 0 atom stereocenters. The molecule has 0 saturated carbocycles. The minimum Gasteiger partial charge on any atom is -0.508 e. The first-order valence-electron chi connectivity index (χ1n) is 7.61. The maximum atomic E-state index is 10.1. The summed E-state index contributed by atoms with van der Waals surface area (Å²) < 4.78 is 0. The number of hydrogen-bond donors (Lipinski definition) is 1. The molecule has 20 heavy (non-hydrogen) atoms. The molecule has 0 aromatic heterocycles. The molecule has 0 spiro atoms. The molecule has 1 N–H and O–H groups in total. The van der Waals surface area contributed by atoms with Crippen LogP contribution in [0.1, 0.15) is 19.4 Å². The van der Waals surface area contributed by atoms with Crippen molar-refractivity contribution in [2.45, 2.75) is 20.4 Å². The molecule has 1 aromatic carbocycles. The fourth-order valence-corrected chi connectivity index (χ4v) is 2.73. The van der Waals surface area contributed by atoms with Crippen LogP contribution in [-0.4, -0.2) is 61.2 Å². The first kappa shape index (κ1) is 15.1. The summed E-state index contributed by atoms with van der Waals surface area (Å²) in [7, 11) is 2.16. The lowest BCUT2D eigenvalue weighted by Crippen LogP contribution is -2.43. The Morgan fingerprint density at radius 3 is 2.35 bits per heavy atom. The number of phenols is 1. The van der Waals surface area contributed by atoms with E-state index in [1.165, 1.54) is 5.69 Å². The van der Waals surface area contributed by atoms with Gasteiger partial charge in [-0.1, -0.05) is 0 Å². The predicted octanol–water partition coefficient (Wildman–Crippen LogP) is 1.99. The summed E-state index contributed by atoms with van der Waals surface area (Å²) >= 11 is 0. The SMILES string of the molecule is CCN(CC)c1ccc(O)c(CN2CCN(C)CC2)c1. The third-order valence-electron chi connectivity index (χ3n) is 4.18. The van der Waals surface area contributed by atoms with Crippen LogP contribution in [0.2, 0.25) is 0 Å². The van der Waals surface area contributed by atoms with Crippen molar-refractivity contribution >= 4 is 5.69 Å². The Hall–Kier alpha value is -1.26. The number of piperazine rings is 1. The van der Waals surface area contributed by atoms with Crippen LogP contribution in [0, 0.1) is 0 Å². The average Bonchev–Trinajstić information content (AvgIpc) is 2.46. The monoisotopic (exact) mass is 277 g/mol. The largest absolute Gasteiger partial charge is 0.508 e. The number of hydrogen-bond acceptors (Lipinski definition) is 4. The van der Waals surface area contributed by atoms with Crippen LogP contribution in [0.4, 0.5) is 5.69 Å².